The summed E-state index contributed by atoms with van der Waals surface area (Å²) in [6.07, 6.45) is 1.38. The second kappa shape index (κ2) is 4.67. The van der Waals surface area contributed by atoms with E-state index in [9.17, 15) is 8.78 Å². The average molecular weight is 301 g/mol. The van der Waals surface area contributed by atoms with Crippen LogP contribution in [-0.4, -0.2) is 4.98 Å². The van der Waals surface area contributed by atoms with Crippen molar-refractivity contribution in [1.82, 2.24) is 4.98 Å². The van der Waals surface area contributed by atoms with Crippen LogP contribution in [0.5, 0.6) is 11.6 Å². The van der Waals surface area contributed by atoms with Gasteiger partial charge in [0.25, 0.3) is 5.88 Å². The van der Waals surface area contributed by atoms with E-state index >= 15 is 0 Å². The largest absolute Gasteiger partial charge is 0.436 e. The Bertz CT molecular complexity index is 563. The van der Waals surface area contributed by atoms with Crippen molar-refractivity contribution < 1.29 is 13.5 Å². The Hall–Kier alpha value is -1.69. The van der Waals surface area contributed by atoms with Crippen LogP contribution >= 0.6 is 15.9 Å². The fourth-order valence-corrected chi connectivity index (χ4v) is 1.46. The lowest BCUT2D eigenvalue weighted by atomic mass is 10.3. The second-order valence-electron chi connectivity index (χ2n) is 3.23. The maximum atomic E-state index is 13.4. The molecule has 0 amide bonds. The van der Waals surface area contributed by atoms with Crippen molar-refractivity contribution in [3.8, 4) is 11.6 Å². The predicted octanol–water partition coefficient (Wildman–Crippen LogP) is 3.50. The minimum atomic E-state index is -0.642. The first-order valence-corrected chi connectivity index (χ1v) is 5.39. The van der Waals surface area contributed by atoms with E-state index in [1.54, 1.807) is 0 Å². The Morgan fingerprint density at radius 3 is 2.59 bits per heavy atom. The highest BCUT2D eigenvalue weighted by Gasteiger charge is 2.08. The molecule has 0 aliphatic rings. The molecular formula is C11H7BrF2N2O. The topological polar surface area (TPSA) is 48.1 Å². The summed E-state index contributed by atoms with van der Waals surface area (Å²) >= 11 is 3.07. The molecule has 0 fully saturated rings. The molecule has 0 saturated heterocycles. The predicted molar refractivity (Wildman–Crippen MR) is 62.8 cm³/mol. The molecule has 0 saturated carbocycles. The number of hydrogen-bond donors (Lipinski definition) is 1. The lowest BCUT2D eigenvalue weighted by molar-refractivity contribution is 0.419. The molecule has 6 heteroatoms. The quantitative estimate of drug-likeness (QED) is 0.864. The van der Waals surface area contributed by atoms with E-state index in [4.69, 9.17) is 10.5 Å². The van der Waals surface area contributed by atoms with Gasteiger partial charge < -0.3 is 10.5 Å². The summed E-state index contributed by atoms with van der Waals surface area (Å²) in [7, 11) is 0. The first-order chi connectivity index (χ1) is 8.06. The lowest BCUT2D eigenvalue weighted by Crippen LogP contribution is -1.94. The fourth-order valence-electron chi connectivity index (χ4n) is 1.16. The molecule has 0 atom stereocenters. The number of anilines is 1. The number of nitrogen functional groups attached to an aromatic ring is 1. The van der Waals surface area contributed by atoms with Crippen LogP contribution in [0, 0.1) is 11.6 Å². The zero-order chi connectivity index (χ0) is 12.4. The molecule has 88 valence electrons. The highest BCUT2D eigenvalue weighted by molar-refractivity contribution is 9.10. The number of aromatic nitrogens is 1. The standard InChI is InChI=1S/C11H7BrF2N2O/c12-6-3-9(14)11(16-5-6)17-7-1-2-10(15)8(13)4-7/h1-5H,15H2. The van der Waals surface area contributed by atoms with Crippen molar-refractivity contribution in [2.24, 2.45) is 0 Å². The van der Waals surface area contributed by atoms with Gasteiger partial charge in [-0.25, -0.2) is 13.8 Å². The van der Waals surface area contributed by atoms with Crippen LogP contribution in [0.2, 0.25) is 0 Å². The van der Waals surface area contributed by atoms with Gasteiger partial charge in [0.2, 0.25) is 0 Å². The second-order valence-corrected chi connectivity index (χ2v) is 4.14. The van der Waals surface area contributed by atoms with Gasteiger partial charge in [-0.15, -0.1) is 0 Å². The van der Waals surface area contributed by atoms with Crippen molar-refractivity contribution >= 4 is 21.6 Å². The summed E-state index contributed by atoms with van der Waals surface area (Å²) in [6, 6.07) is 5.04. The Morgan fingerprint density at radius 1 is 1.18 bits per heavy atom. The number of pyridine rings is 1. The number of hydrogen-bond acceptors (Lipinski definition) is 3. The van der Waals surface area contributed by atoms with Crippen LogP contribution in [-0.2, 0) is 0 Å². The summed E-state index contributed by atoms with van der Waals surface area (Å²) in [6.45, 7) is 0. The van der Waals surface area contributed by atoms with Crippen molar-refractivity contribution in [2.45, 2.75) is 0 Å². The lowest BCUT2D eigenvalue weighted by Gasteiger charge is -2.06. The van der Waals surface area contributed by atoms with Crippen LogP contribution in [0.3, 0.4) is 0 Å². The molecule has 0 spiro atoms. The van der Waals surface area contributed by atoms with E-state index in [-0.39, 0.29) is 17.3 Å². The molecule has 0 aliphatic carbocycles. The first-order valence-electron chi connectivity index (χ1n) is 4.60. The van der Waals surface area contributed by atoms with E-state index in [1.165, 1.54) is 24.4 Å². The van der Waals surface area contributed by atoms with Crippen molar-refractivity contribution in [3.63, 3.8) is 0 Å². The molecule has 1 aromatic carbocycles. The summed E-state index contributed by atoms with van der Waals surface area (Å²) in [5.41, 5.74) is 5.31. The summed E-state index contributed by atoms with van der Waals surface area (Å²) in [5.74, 6) is -1.36. The maximum absolute atomic E-state index is 13.4. The summed E-state index contributed by atoms with van der Waals surface area (Å²) in [5, 5.41) is 0. The maximum Gasteiger partial charge on any atom is 0.255 e. The van der Waals surface area contributed by atoms with E-state index in [1.807, 2.05) is 0 Å². The van der Waals surface area contributed by atoms with Gasteiger partial charge in [0, 0.05) is 16.7 Å². The van der Waals surface area contributed by atoms with Crippen LogP contribution < -0.4 is 10.5 Å². The number of nitrogens with zero attached hydrogens (tertiary/aromatic N) is 1. The van der Waals surface area contributed by atoms with Crippen molar-refractivity contribution in [3.05, 3.63) is 46.6 Å². The Morgan fingerprint density at radius 2 is 1.94 bits per heavy atom. The minimum absolute atomic E-state index is 0.00147. The van der Waals surface area contributed by atoms with Crippen molar-refractivity contribution in [1.29, 1.82) is 0 Å². The van der Waals surface area contributed by atoms with Crippen molar-refractivity contribution in [2.75, 3.05) is 5.73 Å². The number of rotatable bonds is 2. The van der Waals surface area contributed by atoms with Gasteiger partial charge >= 0.3 is 0 Å². The van der Waals surface area contributed by atoms with Gasteiger partial charge in [0.1, 0.15) is 11.6 Å². The zero-order valence-electron chi connectivity index (χ0n) is 8.45. The molecular weight excluding hydrogens is 294 g/mol. The zero-order valence-corrected chi connectivity index (χ0v) is 10.0. The van der Waals surface area contributed by atoms with Gasteiger partial charge in [-0.1, -0.05) is 0 Å². The molecule has 3 nitrogen and oxygen atoms in total. The molecule has 0 bridgehead atoms. The number of ether oxygens (including phenoxy) is 1. The van der Waals surface area contributed by atoms with Crippen LogP contribution in [0.15, 0.2) is 34.9 Å². The SMILES string of the molecule is Nc1ccc(Oc2ncc(Br)cc2F)cc1F. The van der Waals surface area contributed by atoms with Gasteiger partial charge in [0.05, 0.1) is 5.69 Å². The molecule has 1 aromatic heterocycles. The summed E-state index contributed by atoms with van der Waals surface area (Å²) in [4.78, 5) is 3.73. The highest BCUT2D eigenvalue weighted by atomic mass is 79.9. The summed E-state index contributed by atoms with van der Waals surface area (Å²) < 4.78 is 32.1. The van der Waals surface area contributed by atoms with Crippen LogP contribution in [0.25, 0.3) is 0 Å². The molecule has 2 rings (SSSR count). The van der Waals surface area contributed by atoms with Gasteiger partial charge in [-0.3, -0.25) is 0 Å². The average Bonchev–Trinajstić information content (AvgIpc) is 2.27. The Balaban J connectivity index is 2.28. The minimum Gasteiger partial charge on any atom is -0.436 e. The third-order valence-corrected chi connectivity index (χ3v) is 2.39. The fraction of sp³-hybridized carbons (Fsp3) is 0. The third kappa shape index (κ3) is 2.71. The van der Waals surface area contributed by atoms with E-state index in [2.05, 4.69) is 20.9 Å². The molecule has 1 heterocycles. The van der Waals surface area contributed by atoms with E-state index < -0.39 is 11.6 Å². The third-order valence-electron chi connectivity index (χ3n) is 1.96. The Labute approximate surface area is 104 Å². The van der Waals surface area contributed by atoms with Crippen LogP contribution in [0.1, 0.15) is 0 Å². The van der Waals surface area contributed by atoms with Gasteiger partial charge in [-0.05, 0) is 34.1 Å². The molecule has 2 N–H and O–H groups in total. The Kier molecular flexibility index (Phi) is 3.23. The van der Waals surface area contributed by atoms with Crippen LogP contribution in [0.4, 0.5) is 14.5 Å². The molecule has 17 heavy (non-hydrogen) atoms. The monoisotopic (exact) mass is 300 g/mol. The number of benzene rings is 1. The van der Waals surface area contributed by atoms with E-state index in [0.717, 1.165) is 6.07 Å². The van der Waals surface area contributed by atoms with Gasteiger partial charge in [0.15, 0.2) is 5.82 Å². The molecule has 2 aromatic rings. The van der Waals surface area contributed by atoms with Gasteiger partial charge in [-0.2, -0.15) is 0 Å². The normalized spacial score (nSPS) is 10.3. The molecule has 0 aliphatic heterocycles. The number of halogens is 3. The molecule has 0 unspecified atom stereocenters. The molecule has 0 radical (unpaired) electrons. The smallest absolute Gasteiger partial charge is 0.255 e. The van der Waals surface area contributed by atoms with E-state index in [0.29, 0.717) is 4.47 Å². The highest BCUT2D eigenvalue weighted by Crippen LogP contribution is 2.26. The number of nitrogens with two attached hydrogens (primary N) is 1. The first kappa shape index (κ1) is 11.8.